The average Bonchev–Trinajstić information content (AvgIpc) is 2.84. The van der Waals surface area contributed by atoms with Gasteiger partial charge in [-0.1, -0.05) is 23.7 Å². The van der Waals surface area contributed by atoms with Crippen molar-refractivity contribution in [3.8, 4) is 0 Å². The van der Waals surface area contributed by atoms with Crippen LogP contribution in [0.5, 0.6) is 0 Å². The van der Waals surface area contributed by atoms with Crippen LogP contribution < -0.4 is 27.5 Å². The van der Waals surface area contributed by atoms with E-state index < -0.39 is 0 Å². The van der Waals surface area contributed by atoms with Gasteiger partial charge in [0.1, 0.15) is 0 Å². The van der Waals surface area contributed by atoms with Gasteiger partial charge < -0.3 is 26.3 Å². The number of nitrogen functional groups attached to an aromatic ring is 1. The molecular weight excluding hydrogens is 470 g/mol. The predicted molar refractivity (Wildman–Crippen MR) is 136 cm³/mol. The van der Waals surface area contributed by atoms with Crippen molar-refractivity contribution < 1.29 is 4.79 Å². The molecule has 0 radical (unpaired) electrons. The molecule has 0 saturated heterocycles. The lowest BCUT2D eigenvalue weighted by molar-refractivity contribution is 0.251. The molecule has 2 aromatic heterocycles. The molecule has 0 aliphatic carbocycles. The van der Waals surface area contributed by atoms with E-state index in [1.807, 2.05) is 12.1 Å². The van der Waals surface area contributed by atoms with Gasteiger partial charge in [0, 0.05) is 22.9 Å². The van der Waals surface area contributed by atoms with Crippen molar-refractivity contribution in [1.82, 2.24) is 25.3 Å². The van der Waals surface area contributed by atoms with Crippen molar-refractivity contribution in [1.29, 1.82) is 0 Å². The average molecular weight is 490 g/mol. The fraction of sp³-hybridized carbons (Fsp3) is 0.0417. The molecule has 0 atom stereocenters. The van der Waals surface area contributed by atoms with Crippen molar-refractivity contribution >= 4 is 50.8 Å². The zero-order valence-electron chi connectivity index (χ0n) is 18.2. The molecule has 176 valence electrons. The van der Waals surface area contributed by atoms with E-state index >= 15 is 0 Å². The van der Waals surface area contributed by atoms with E-state index in [1.165, 1.54) is 12.7 Å². The van der Waals surface area contributed by atoms with Crippen molar-refractivity contribution in [2.24, 2.45) is 0 Å². The molecule has 10 nitrogen and oxygen atoms in total. The van der Waals surface area contributed by atoms with Crippen LogP contribution in [0.2, 0.25) is 5.02 Å². The van der Waals surface area contributed by atoms with Crippen molar-refractivity contribution in [3.63, 3.8) is 0 Å². The first-order valence-electron chi connectivity index (χ1n) is 10.4. The number of carbonyl (C=O) groups is 1. The number of nitrogens with two attached hydrogens (primary N) is 1. The number of carbonyl (C=O) groups excluding carboxylic acids is 1. The maximum atomic E-state index is 11.9. The van der Waals surface area contributed by atoms with E-state index in [2.05, 4.69) is 30.6 Å². The Kier molecular flexibility index (Phi) is 7.03. The first-order chi connectivity index (χ1) is 16.9. The Morgan fingerprint density at radius 3 is 2.11 bits per heavy atom. The smallest absolute Gasteiger partial charge is 0.319 e. The van der Waals surface area contributed by atoms with Crippen LogP contribution in [0.3, 0.4) is 0 Å². The van der Waals surface area contributed by atoms with E-state index in [0.717, 1.165) is 5.56 Å². The normalized spacial score (nSPS) is 10.4. The Labute approximate surface area is 203 Å². The number of rotatable bonds is 3. The molecule has 5 rings (SSSR count). The number of fused-ring (bicyclic) bond motifs is 2. The van der Waals surface area contributed by atoms with Crippen LogP contribution in [0.25, 0.3) is 21.8 Å². The molecule has 11 heteroatoms. The summed E-state index contributed by atoms with van der Waals surface area (Å²) < 4.78 is 0. The molecule has 2 heterocycles. The number of urea groups is 1. The second kappa shape index (κ2) is 10.5. The molecule has 2 amide bonds. The maximum absolute atomic E-state index is 11.9. The summed E-state index contributed by atoms with van der Waals surface area (Å²) in [4.78, 5) is 47.7. The number of aromatic amines is 2. The van der Waals surface area contributed by atoms with Gasteiger partial charge in [0.05, 0.1) is 34.5 Å². The summed E-state index contributed by atoms with van der Waals surface area (Å²) in [6.45, 7) is 0.383. The summed E-state index contributed by atoms with van der Waals surface area (Å²) in [5, 5.41) is 7.14. The highest BCUT2D eigenvalue weighted by molar-refractivity contribution is 6.30. The number of nitrogens with one attached hydrogen (secondary N) is 4. The number of amides is 2. The van der Waals surface area contributed by atoms with Crippen molar-refractivity contribution in [3.05, 3.63) is 105 Å². The number of hydrogen-bond donors (Lipinski definition) is 5. The predicted octanol–water partition coefficient (Wildman–Crippen LogP) is 3.40. The molecule has 0 aliphatic heterocycles. The van der Waals surface area contributed by atoms with E-state index in [4.69, 9.17) is 17.3 Å². The van der Waals surface area contributed by atoms with Crippen LogP contribution in [-0.2, 0) is 6.54 Å². The van der Waals surface area contributed by atoms with Crippen LogP contribution in [0, 0.1) is 0 Å². The minimum atomic E-state index is -0.343. The molecular formula is C24H20ClN7O3. The topological polar surface area (TPSA) is 159 Å². The lowest BCUT2D eigenvalue weighted by Gasteiger charge is -2.08. The number of anilines is 2. The zero-order chi connectivity index (χ0) is 24.8. The number of aromatic nitrogens is 4. The molecule has 0 saturated carbocycles. The highest BCUT2D eigenvalue weighted by atomic mass is 35.5. The molecule has 0 unspecified atom stereocenters. The quantitative estimate of drug-likeness (QED) is 0.244. The van der Waals surface area contributed by atoms with Gasteiger partial charge in [0.2, 0.25) is 0 Å². The van der Waals surface area contributed by atoms with Crippen LogP contribution in [0.1, 0.15) is 5.56 Å². The van der Waals surface area contributed by atoms with E-state index in [1.54, 1.807) is 48.5 Å². The van der Waals surface area contributed by atoms with Crippen LogP contribution in [0.4, 0.5) is 16.2 Å². The van der Waals surface area contributed by atoms with Gasteiger partial charge >= 0.3 is 6.03 Å². The molecule has 0 fully saturated rings. The second-order valence-electron chi connectivity index (χ2n) is 7.41. The van der Waals surface area contributed by atoms with Gasteiger partial charge in [-0.05, 0) is 54.1 Å². The summed E-state index contributed by atoms with van der Waals surface area (Å²) in [5.74, 6) is 0. The Hall–Kier alpha value is -4.70. The van der Waals surface area contributed by atoms with Crippen molar-refractivity contribution in [2.75, 3.05) is 11.1 Å². The van der Waals surface area contributed by atoms with Crippen LogP contribution in [0.15, 0.2) is 82.9 Å². The molecule has 6 N–H and O–H groups in total. The van der Waals surface area contributed by atoms with Gasteiger partial charge in [-0.2, -0.15) is 0 Å². The number of halogens is 1. The Morgan fingerprint density at radius 2 is 1.46 bits per heavy atom. The van der Waals surface area contributed by atoms with Gasteiger partial charge in [-0.25, -0.2) is 14.8 Å². The molecule has 0 bridgehead atoms. The third-order valence-electron chi connectivity index (χ3n) is 4.93. The number of benzene rings is 3. The minimum Gasteiger partial charge on any atom is -0.399 e. The number of hydrogen-bond acceptors (Lipinski definition) is 6. The largest absolute Gasteiger partial charge is 0.399 e. The highest BCUT2D eigenvalue weighted by Crippen LogP contribution is 2.14. The Morgan fingerprint density at radius 1 is 0.857 bits per heavy atom. The molecule has 0 spiro atoms. The summed E-state index contributed by atoms with van der Waals surface area (Å²) in [6, 6.07) is 16.8. The SMILES string of the molecule is Nc1ccc2c(=O)[nH]cnc2c1.O=C(NCc1ccc(Cl)cc1)Nc1ccc2c(=O)[nH]cnc2c1. The number of H-pyrrole nitrogens is 2. The lowest BCUT2D eigenvalue weighted by Crippen LogP contribution is -2.28. The lowest BCUT2D eigenvalue weighted by atomic mass is 10.2. The fourth-order valence-corrected chi connectivity index (χ4v) is 3.32. The molecule has 5 aromatic rings. The molecule has 35 heavy (non-hydrogen) atoms. The fourth-order valence-electron chi connectivity index (χ4n) is 3.19. The maximum Gasteiger partial charge on any atom is 0.319 e. The summed E-state index contributed by atoms with van der Waals surface area (Å²) in [7, 11) is 0. The minimum absolute atomic E-state index is 0.139. The van der Waals surface area contributed by atoms with E-state index in [-0.39, 0.29) is 17.1 Å². The summed E-state index contributed by atoms with van der Waals surface area (Å²) in [5.41, 5.74) is 8.42. The Balaban J connectivity index is 0.000000201. The second-order valence-corrected chi connectivity index (χ2v) is 7.84. The first-order valence-corrected chi connectivity index (χ1v) is 10.8. The van der Waals surface area contributed by atoms with Crippen LogP contribution >= 0.6 is 11.6 Å². The summed E-state index contributed by atoms with van der Waals surface area (Å²) >= 11 is 5.81. The standard InChI is InChI=1S/C16H13ClN4O2.C8H7N3O/c17-11-3-1-10(2-4-11)8-18-16(23)21-12-5-6-13-14(7-12)19-9-20-15(13)22;9-5-1-2-6-7(3-5)10-4-11-8(6)12/h1-7,9H,8H2,(H2,18,21,23)(H,19,20,22);1-4H,9H2,(H,10,11,12). The zero-order valence-corrected chi connectivity index (χ0v) is 19.0. The summed E-state index contributed by atoms with van der Waals surface area (Å²) in [6.07, 6.45) is 2.69. The third-order valence-corrected chi connectivity index (χ3v) is 5.18. The Bertz CT molecular complexity index is 1610. The molecule has 0 aliphatic rings. The van der Waals surface area contributed by atoms with Gasteiger partial charge in [0.15, 0.2) is 0 Å². The monoisotopic (exact) mass is 489 g/mol. The first kappa shape index (κ1) is 23.5. The molecule has 3 aromatic carbocycles. The van der Waals surface area contributed by atoms with Gasteiger partial charge in [-0.15, -0.1) is 0 Å². The highest BCUT2D eigenvalue weighted by Gasteiger charge is 2.05. The van der Waals surface area contributed by atoms with Gasteiger partial charge in [0.25, 0.3) is 11.1 Å². The van der Waals surface area contributed by atoms with Crippen LogP contribution in [-0.4, -0.2) is 26.0 Å². The number of nitrogens with zero attached hydrogens (tertiary/aromatic N) is 2. The van der Waals surface area contributed by atoms with Crippen molar-refractivity contribution in [2.45, 2.75) is 6.54 Å². The third kappa shape index (κ3) is 6.01. The van der Waals surface area contributed by atoms with E-state index in [0.29, 0.717) is 44.7 Å². The van der Waals surface area contributed by atoms with Gasteiger partial charge in [-0.3, -0.25) is 9.59 Å². The van der Waals surface area contributed by atoms with E-state index in [9.17, 15) is 14.4 Å².